The van der Waals surface area contributed by atoms with Gasteiger partial charge in [-0.2, -0.15) is 5.10 Å². The third-order valence-corrected chi connectivity index (χ3v) is 3.10. The standard InChI is InChI=1S/C11H10ClN3S/c1-8-7-16-11(14-8)15-13-6-9-4-2-3-5-10(9)12/h2-7H,1H3,(H,14,15)/b13-6+. The summed E-state index contributed by atoms with van der Waals surface area (Å²) in [5.41, 5.74) is 4.73. The number of rotatable bonds is 3. The molecule has 0 bridgehead atoms. The second-order valence-corrected chi connectivity index (χ2v) is 4.45. The maximum absolute atomic E-state index is 5.98. The molecule has 2 rings (SSSR count). The summed E-state index contributed by atoms with van der Waals surface area (Å²) in [4.78, 5) is 4.22. The normalized spacial score (nSPS) is 10.9. The first-order chi connectivity index (χ1) is 7.75. The Morgan fingerprint density at radius 1 is 1.44 bits per heavy atom. The molecular formula is C11H10ClN3S. The molecule has 0 atom stereocenters. The number of hydrogen-bond acceptors (Lipinski definition) is 4. The highest BCUT2D eigenvalue weighted by Crippen LogP contribution is 2.15. The number of aromatic nitrogens is 1. The van der Waals surface area contributed by atoms with E-state index in [1.54, 1.807) is 6.21 Å². The minimum absolute atomic E-state index is 0.684. The topological polar surface area (TPSA) is 37.3 Å². The second-order valence-electron chi connectivity index (χ2n) is 3.19. The Morgan fingerprint density at radius 2 is 2.25 bits per heavy atom. The summed E-state index contributed by atoms with van der Waals surface area (Å²) in [6, 6.07) is 7.54. The van der Waals surface area contributed by atoms with E-state index in [0.717, 1.165) is 16.4 Å². The summed E-state index contributed by atoms with van der Waals surface area (Å²) < 4.78 is 0. The summed E-state index contributed by atoms with van der Waals surface area (Å²) in [6.45, 7) is 1.94. The average Bonchev–Trinajstić information content (AvgIpc) is 2.67. The molecule has 1 heterocycles. The van der Waals surface area contributed by atoms with E-state index in [9.17, 15) is 0 Å². The molecule has 2 aromatic rings. The van der Waals surface area contributed by atoms with Crippen molar-refractivity contribution in [3.8, 4) is 0 Å². The summed E-state index contributed by atoms with van der Waals surface area (Å²) in [7, 11) is 0. The molecule has 3 nitrogen and oxygen atoms in total. The van der Waals surface area contributed by atoms with Gasteiger partial charge >= 0.3 is 0 Å². The van der Waals surface area contributed by atoms with E-state index < -0.39 is 0 Å². The van der Waals surface area contributed by atoms with Crippen molar-refractivity contribution in [3.63, 3.8) is 0 Å². The summed E-state index contributed by atoms with van der Waals surface area (Å²) in [5.74, 6) is 0. The van der Waals surface area contributed by atoms with E-state index in [1.165, 1.54) is 11.3 Å². The largest absolute Gasteiger partial charge is 0.253 e. The Bertz CT molecular complexity index is 507. The molecule has 1 N–H and O–H groups in total. The van der Waals surface area contributed by atoms with Gasteiger partial charge in [-0.3, -0.25) is 5.43 Å². The maximum Gasteiger partial charge on any atom is 0.203 e. The Morgan fingerprint density at radius 3 is 2.94 bits per heavy atom. The van der Waals surface area contributed by atoms with Gasteiger partial charge < -0.3 is 0 Å². The van der Waals surface area contributed by atoms with Gasteiger partial charge in [0.15, 0.2) is 0 Å². The van der Waals surface area contributed by atoms with Gasteiger partial charge in [0.1, 0.15) is 0 Å². The number of halogens is 1. The van der Waals surface area contributed by atoms with Crippen LogP contribution >= 0.6 is 22.9 Å². The first-order valence-electron chi connectivity index (χ1n) is 4.71. The fourth-order valence-electron chi connectivity index (χ4n) is 1.14. The van der Waals surface area contributed by atoms with Crippen molar-refractivity contribution in [3.05, 3.63) is 45.9 Å². The van der Waals surface area contributed by atoms with E-state index in [1.807, 2.05) is 36.6 Å². The summed E-state index contributed by atoms with van der Waals surface area (Å²) >= 11 is 7.50. The third kappa shape index (κ3) is 2.81. The molecule has 0 saturated heterocycles. The minimum Gasteiger partial charge on any atom is -0.253 e. The molecule has 82 valence electrons. The molecule has 0 aliphatic rings. The van der Waals surface area contributed by atoms with E-state index in [2.05, 4.69) is 15.5 Å². The van der Waals surface area contributed by atoms with Crippen molar-refractivity contribution >= 4 is 34.3 Å². The van der Waals surface area contributed by atoms with E-state index in [4.69, 9.17) is 11.6 Å². The second kappa shape index (κ2) is 5.09. The van der Waals surface area contributed by atoms with Gasteiger partial charge in [0.25, 0.3) is 0 Å². The van der Waals surface area contributed by atoms with Gasteiger partial charge in [-0.25, -0.2) is 4.98 Å². The number of nitrogens with one attached hydrogen (secondary N) is 1. The van der Waals surface area contributed by atoms with Crippen LogP contribution < -0.4 is 5.43 Å². The minimum atomic E-state index is 0.684. The highest BCUT2D eigenvalue weighted by atomic mass is 35.5. The fourth-order valence-corrected chi connectivity index (χ4v) is 1.96. The van der Waals surface area contributed by atoms with E-state index in [-0.39, 0.29) is 0 Å². The van der Waals surface area contributed by atoms with Crippen LogP contribution in [0.2, 0.25) is 5.02 Å². The van der Waals surface area contributed by atoms with Crippen molar-refractivity contribution in [2.24, 2.45) is 5.10 Å². The first kappa shape index (κ1) is 11.1. The van der Waals surface area contributed by atoms with Crippen LogP contribution in [-0.4, -0.2) is 11.2 Å². The molecule has 0 aliphatic heterocycles. The number of hydrazone groups is 1. The lowest BCUT2D eigenvalue weighted by atomic mass is 10.2. The van der Waals surface area contributed by atoms with Crippen molar-refractivity contribution in [2.75, 3.05) is 5.43 Å². The number of thiazole rings is 1. The van der Waals surface area contributed by atoms with Crippen LogP contribution in [0.25, 0.3) is 0 Å². The SMILES string of the molecule is Cc1csc(N/N=C/c2ccccc2Cl)n1. The van der Waals surface area contributed by atoms with Crippen LogP contribution in [0.4, 0.5) is 5.13 Å². The maximum atomic E-state index is 5.98. The van der Waals surface area contributed by atoms with Crippen LogP contribution in [-0.2, 0) is 0 Å². The van der Waals surface area contributed by atoms with Gasteiger partial charge in [0.2, 0.25) is 5.13 Å². The smallest absolute Gasteiger partial charge is 0.203 e. The lowest BCUT2D eigenvalue weighted by Crippen LogP contribution is -1.90. The zero-order valence-corrected chi connectivity index (χ0v) is 10.2. The molecule has 0 spiro atoms. The van der Waals surface area contributed by atoms with Crippen molar-refractivity contribution in [1.29, 1.82) is 0 Å². The first-order valence-corrected chi connectivity index (χ1v) is 5.97. The van der Waals surface area contributed by atoms with E-state index >= 15 is 0 Å². The van der Waals surface area contributed by atoms with Crippen LogP contribution in [0.5, 0.6) is 0 Å². The highest BCUT2D eigenvalue weighted by molar-refractivity contribution is 7.13. The predicted octanol–water partition coefficient (Wildman–Crippen LogP) is 3.55. The monoisotopic (exact) mass is 251 g/mol. The molecule has 0 radical (unpaired) electrons. The third-order valence-electron chi connectivity index (χ3n) is 1.89. The van der Waals surface area contributed by atoms with Crippen LogP contribution in [0.3, 0.4) is 0 Å². The molecule has 0 fully saturated rings. The fraction of sp³-hybridized carbons (Fsp3) is 0.0909. The lowest BCUT2D eigenvalue weighted by Gasteiger charge is -1.96. The van der Waals surface area contributed by atoms with Crippen molar-refractivity contribution in [2.45, 2.75) is 6.92 Å². The molecule has 1 aromatic carbocycles. The van der Waals surface area contributed by atoms with Crippen LogP contribution in [0.1, 0.15) is 11.3 Å². The molecule has 0 unspecified atom stereocenters. The molecule has 0 aliphatic carbocycles. The molecular weight excluding hydrogens is 242 g/mol. The Labute approximate surface area is 103 Å². The Balaban J connectivity index is 2.03. The van der Waals surface area contributed by atoms with Crippen molar-refractivity contribution < 1.29 is 0 Å². The zero-order chi connectivity index (χ0) is 11.4. The molecule has 0 saturated carbocycles. The van der Waals surface area contributed by atoms with Gasteiger partial charge in [0.05, 0.1) is 11.9 Å². The van der Waals surface area contributed by atoms with Gasteiger partial charge in [-0.05, 0) is 13.0 Å². The number of benzene rings is 1. The Kier molecular flexibility index (Phi) is 3.54. The number of anilines is 1. The van der Waals surface area contributed by atoms with Gasteiger partial charge in [-0.15, -0.1) is 11.3 Å². The average molecular weight is 252 g/mol. The molecule has 0 amide bonds. The van der Waals surface area contributed by atoms with Gasteiger partial charge in [-0.1, -0.05) is 29.8 Å². The predicted molar refractivity (Wildman–Crippen MR) is 69.5 cm³/mol. The highest BCUT2D eigenvalue weighted by Gasteiger charge is 1.96. The van der Waals surface area contributed by atoms with E-state index in [0.29, 0.717) is 5.02 Å². The summed E-state index contributed by atoms with van der Waals surface area (Å²) in [6.07, 6.45) is 1.68. The van der Waals surface area contributed by atoms with Crippen molar-refractivity contribution in [1.82, 2.24) is 4.98 Å². The molecule has 16 heavy (non-hydrogen) atoms. The molecule has 5 heteroatoms. The van der Waals surface area contributed by atoms with Crippen LogP contribution in [0.15, 0.2) is 34.7 Å². The zero-order valence-electron chi connectivity index (χ0n) is 8.64. The van der Waals surface area contributed by atoms with Crippen LogP contribution in [0, 0.1) is 6.92 Å². The molecule has 1 aromatic heterocycles. The number of hydrogen-bond donors (Lipinski definition) is 1. The summed E-state index contributed by atoms with van der Waals surface area (Å²) in [5, 5.41) is 7.50. The number of aryl methyl sites for hydroxylation is 1. The quantitative estimate of drug-likeness (QED) is 0.669. The van der Waals surface area contributed by atoms with Gasteiger partial charge in [0, 0.05) is 16.0 Å². The lowest BCUT2D eigenvalue weighted by molar-refractivity contribution is 1.22. The Hall–Kier alpha value is -1.39. The number of nitrogens with zero attached hydrogens (tertiary/aromatic N) is 2.